The molecule has 1 saturated heterocycles. The lowest BCUT2D eigenvalue weighted by Gasteiger charge is -2.27. The molecule has 1 aliphatic heterocycles. The Hall–Kier alpha value is -3.68. The summed E-state index contributed by atoms with van der Waals surface area (Å²) in [5.74, 6) is -0.0923. The van der Waals surface area contributed by atoms with Gasteiger partial charge in [0.05, 0.1) is 45.6 Å². The number of para-hydroxylation sites is 1. The smallest absolute Gasteiger partial charge is 0.295 e. The molecule has 1 aliphatic rings. The molecule has 2 aromatic carbocycles. The number of aliphatic hydroxyl groups excluding tert-OH is 1. The number of Topliss-reactive ketones (excluding diaryl/α,β-unsaturated/α-hetero) is 1. The number of amides is 1. The molecule has 1 unspecified atom stereocenters. The first-order valence-electron chi connectivity index (χ1n) is 10.6. The summed E-state index contributed by atoms with van der Waals surface area (Å²) in [5.41, 5.74) is 0.783. The molecule has 0 saturated carbocycles. The number of aliphatic hydroxyl groups is 1. The lowest BCUT2D eigenvalue weighted by atomic mass is 9.94. The fourth-order valence-corrected chi connectivity index (χ4v) is 4.03. The molecule has 1 atom stereocenters. The minimum Gasteiger partial charge on any atom is -0.507 e. The minimum atomic E-state index is -0.853. The normalized spacial score (nSPS) is 17.2. The Bertz CT molecular complexity index is 1080. The Balaban J connectivity index is 2.29. The number of methoxy groups -OCH3 is 4. The number of nitrogens with zero attached hydrogens (tertiary/aromatic N) is 1. The van der Waals surface area contributed by atoms with Gasteiger partial charge >= 0.3 is 0 Å². The zero-order valence-electron chi connectivity index (χ0n) is 19.5. The molecule has 0 aliphatic carbocycles. The predicted octanol–water partition coefficient (Wildman–Crippen LogP) is 3.94. The van der Waals surface area contributed by atoms with Crippen LogP contribution >= 0.6 is 0 Å². The SMILES string of the molecule is CCCCN1C(=O)C(=O)/C(=C(/O)c2ccc(OC)cc2OC)C1c1cccc(OC)c1OC. The molecular weight excluding hydrogens is 426 g/mol. The molecule has 176 valence electrons. The number of ketones is 1. The zero-order chi connectivity index (χ0) is 24.1. The highest BCUT2D eigenvalue weighted by atomic mass is 16.5. The summed E-state index contributed by atoms with van der Waals surface area (Å²) in [7, 11) is 5.97. The molecule has 1 N–H and O–H groups in total. The van der Waals surface area contributed by atoms with Crippen molar-refractivity contribution in [3.8, 4) is 23.0 Å². The fraction of sp³-hybridized carbons (Fsp3) is 0.360. The van der Waals surface area contributed by atoms with Crippen molar-refractivity contribution < 1.29 is 33.6 Å². The van der Waals surface area contributed by atoms with Crippen LogP contribution in [0.5, 0.6) is 23.0 Å². The van der Waals surface area contributed by atoms with Crippen LogP contribution in [0.25, 0.3) is 5.76 Å². The van der Waals surface area contributed by atoms with Gasteiger partial charge in [-0.25, -0.2) is 0 Å². The molecule has 33 heavy (non-hydrogen) atoms. The zero-order valence-corrected chi connectivity index (χ0v) is 19.5. The maximum absolute atomic E-state index is 13.2. The van der Waals surface area contributed by atoms with Gasteiger partial charge < -0.3 is 29.0 Å². The van der Waals surface area contributed by atoms with E-state index in [-0.39, 0.29) is 16.9 Å². The Kier molecular flexibility index (Phi) is 7.48. The Morgan fingerprint density at radius 2 is 1.70 bits per heavy atom. The van der Waals surface area contributed by atoms with Gasteiger partial charge in [0.2, 0.25) is 0 Å². The highest BCUT2D eigenvalue weighted by Crippen LogP contribution is 2.46. The summed E-state index contributed by atoms with van der Waals surface area (Å²) >= 11 is 0. The van der Waals surface area contributed by atoms with Crippen LogP contribution in [0.1, 0.15) is 36.9 Å². The topological polar surface area (TPSA) is 94.5 Å². The number of ether oxygens (including phenoxy) is 4. The first-order valence-corrected chi connectivity index (χ1v) is 10.6. The van der Waals surface area contributed by atoms with E-state index < -0.39 is 17.7 Å². The van der Waals surface area contributed by atoms with Crippen molar-refractivity contribution in [1.29, 1.82) is 0 Å². The van der Waals surface area contributed by atoms with Gasteiger partial charge in [0, 0.05) is 18.2 Å². The van der Waals surface area contributed by atoms with Crippen molar-refractivity contribution in [1.82, 2.24) is 4.90 Å². The fourth-order valence-electron chi connectivity index (χ4n) is 4.03. The average molecular weight is 456 g/mol. The number of hydrogen-bond acceptors (Lipinski definition) is 7. The van der Waals surface area contributed by atoms with Gasteiger partial charge in [-0.3, -0.25) is 9.59 Å². The molecule has 8 nitrogen and oxygen atoms in total. The van der Waals surface area contributed by atoms with Crippen LogP contribution in [-0.2, 0) is 9.59 Å². The number of carbonyl (C=O) groups is 2. The van der Waals surface area contributed by atoms with Crippen LogP contribution in [-0.4, -0.2) is 56.7 Å². The molecule has 0 spiro atoms. The van der Waals surface area contributed by atoms with Crippen molar-refractivity contribution in [2.24, 2.45) is 0 Å². The van der Waals surface area contributed by atoms with Crippen LogP contribution in [0, 0.1) is 0 Å². The third-order valence-electron chi connectivity index (χ3n) is 5.68. The second-order valence-electron chi connectivity index (χ2n) is 7.50. The summed E-state index contributed by atoms with van der Waals surface area (Å²) in [5, 5.41) is 11.3. The largest absolute Gasteiger partial charge is 0.507 e. The van der Waals surface area contributed by atoms with E-state index >= 15 is 0 Å². The standard InChI is InChI=1S/C25H29NO7/c1-6-7-13-26-21(17-9-8-10-18(31-3)24(17)33-5)20(23(28)25(26)29)22(27)16-12-11-15(30-2)14-19(16)32-4/h8-12,14,21,27H,6-7,13H2,1-5H3/b22-20+. The van der Waals surface area contributed by atoms with Crippen LogP contribution in [0.4, 0.5) is 0 Å². The Morgan fingerprint density at radius 1 is 0.970 bits per heavy atom. The number of hydrogen-bond donors (Lipinski definition) is 1. The highest BCUT2D eigenvalue weighted by molar-refractivity contribution is 6.46. The molecule has 1 heterocycles. The molecule has 0 radical (unpaired) electrons. The first-order chi connectivity index (χ1) is 15.9. The maximum atomic E-state index is 13.2. The maximum Gasteiger partial charge on any atom is 0.295 e. The van der Waals surface area contributed by atoms with Crippen LogP contribution in [0.3, 0.4) is 0 Å². The van der Waals surface area contributed by atoms with Crippen LogP contribution < -0.4 is 18.9 Å². The van der Waals surface area contributed by atoms with Crippen molar-refractivity contribution in [2.75, 3.05) is 35.0 Å². The second kappa shape index (κ2) is 10.3. The average Bonchev–Trinajstić information content (AvgIpc) is 3.10. The molecular formula is C25H29NO7. The molecule has 0 bridgehead atoms. The van der Waals surface area contributed by atoms with E-state index in [2.05, 4.69) is 0 Å². The molecule has 8 heteroatoms. The van der Waals surface area contributed by atoms with E-state index in [0.717, 1.165) is 6.42 Å². The van der Waals surface area contributed by atoms with Crippen LogP contribution in [0.15, 0.2) is 42.0 Å². The highest BCUT2D eigenvalue weighted by Gasteiger charge is 2.47. The van der Waals surface area contributed by atoms with Crippen LogP contribution in [0.2, 0.25) is 0 Å². The summed E-state index contributed by atoms with van der Waals surface area (Å²) in [4.78, 5) is 27.7. The van der Waals surface area contributed by atoms with Gasteiger partial charge in [-0.1, -0.05) is 25.5 Å². The Labute approximate surface area is 193 Å². The Morgan fingerprint density at radius 3 is 2.30 bits per heavy atom. The van der Waals surface area contributed by atoms with E-state index in [1.54, 1.807) is 36.4 Å². The summed E-state index contributed by atoms with van der Waals surface area (Å²) in [6.07, 6.45) is 1.53. The van der Waals surface area contributed by atoms with Gasteiger partial charge in [-0.05, 0) is 24.6 Å². The van der Waals surface area contributed by atoms with E-state index in [0.29, 0.717) is 41.5 Å². The number of rotatable bonds is 9. The molecule has 2 aromatic rings. The third kappa shape index (κ3) is 4.33. The van der Waals surface area contributed by atoms with Crippen molar-refractivity contribution in [3.63, 3.8) is 0 Å². The van der Waals surface area contributed by atoms with E-state index in [1.807, 2.05) is 6.92 Å². The number of benzene rings is 2. The van der Waals surface area contributed by atoms with E-state index in [4.69, 9.17) is 18.9 Å². The first kappa shape index (κ1) is 24.0. The van der Waals surface area contributed by atoms with Gasteiger partial charge in [0.15, 0.2) is 11.5 Å². The van der Waals surface area contributed by atoms with Crippen molar-refractivity contribution in [2.45, 2.75) is 25.8 Å². The van der Waals surface area contributed by atoms with Gasteiger partial charge in [-0.15, -0.1) is 0 Å². The summed E-state index contributed by atoms with van der Waals surface area (Å²) in [6.45, 7) is 2.35. The molecule has 1 fully saturated rings. The number of carbonyl (C=O) groups excluding carboxylic acids is 2. The number of unbranched alkanes of at least 4 members (excludes halogenated alkanes) is 1. The predicted molar refractivity (Wildman–Crippen MR) is 123 cm³/mol. The lowest BCUT2D eigenvalue weighted by Crippen LogP contribution is -2.30. The second-order valence-corrected chi connectivity index (χ2v) is 7.50. The molecule has 0 aromatic heterocycles. The quantitative estimate of drug-likeness (QED) is 0.348. The lowest BCUT2D eigenvalue weighted by molar-refractivity contribution is -0.139. The summed E-state index contributed by atoms with van der Waals surface area (Å²) < 4.78 is 21.7. The monoisotopic (exact) mass is 455 g/mol. The van der Waals surface area contributed by atoms with E-state index in [9.17, 15) is 14.7 Å². The van der Waals surface area contributed by atoms with Crippen molar-refractivity contribution in [3.05, 3.63) is 53.1 Å². The summed E-state index contributed by atoms with van der Waals surface area (Å²) in [6, 6.07) is 9.22. The third-order valence-corrected chi connectivity index (χ3v) is 5.68. The molecule has 3 rings (SSSR count). The van der Waals surface area contributed by atoms with Crippen molar-refractivity contribution >= 4 is 17.4 Å². The van der Waals surface area contributed by atoms with Gasteiger partial charge in [0.25, 0.3) is 11.7 Å². The molecule has 1 amide bonds. The number of likely N-dealkylation sites (tertiary alicyclic amines) is 1. The van der Waals surface area contributed by atoms with Gasteiger partial charge in [-0.2, -0.15) is 0 Å². The minimum absolute atomic E-state index is 0.0360. The van der Waals surface area contributed by atoms with Gasteiger partial charge in [0.1, 0.15) is 17.3 Å². The van der Waals surface area contributed by atoms with E-state index in [1.165, 1.54) is 33.3 Å².